The summed E-state index contributed by atoms with van der Waals surface area (Å²) in [5.41, 5.74) is 0. The summed E-state index contributed by atoms with van der Waals surface area (Å²) in [5.74, 6) is 9.69. The van der Waals surface area contributed by atoms with E-state index in [1.54, 1.807) is 0 Å². The molecule has 0 aliphatic carbocycles. The van der Waals surface area contributed by atoms with E-state index in [-0.39, 0.29) is 0 Å². The van der Waals surface area contributed by atoms with Gasteiger partial charge in [-0.25, -0.2) is 0 Å². The molecule has 3 atom stereocenters. The third-order valence-corrected chi connectivity index (χ3v) is 7.11. The fourth-order valence-electron chi connectivity index (χ4n) is 4.60. The Balaban J connectivity index is 3.78. The molecule has 2 radical (unpaired) electrons. The summed E-state index contributed by atoms with van der Waals surface area (Å²) >= 11 is 0. The molecule has 0 N–H and O–H groups in total. The van der Waals surface area contributed by atoms with E-state index in [0.29, 0.717) is 0 Å². The Kier molecular flexibility index (Phi) is 22.9. The van der Waals surface area contributed by atoms with Crippen molar-refractivity contribution in [2.45, 2.75) is 149 Å². The van der Waals surface area contributed by atoms with Gasteiger partial charge in [-0.1, -0.05) is 137 Å². The van der Waals surface area contributed by atoms with Gasteiger partial charge in [-0.15, -0.1) is 11.8 Å². The molecule has 0 heterocycles. The van der Waals surface area contributed by atoms with Crippen molar-refractivity contribution in [3.8, 4) is 11.8 Å². The SMILES string of the molecule is [CH2]CCCCCC(CC)CCCCCC#CCC(CC)CCCC(CC)CCC[CH2]. The van der Waals surface area contributed by atoms with Gasteiger partial charge in [0.25, 0.3) is 0 Å². The Morgan fingerprint density at radius 2 is 1.00 bits per heavy atom. The molecule has 0 rings (SSSR count). The molecule has 176 valence electrons. The first-order chi connectivity index (χ1) is 14.7. The van der Waals surface area contributed by atoms with E-state index in [2.05, 4.69) is 46.5 Å². The zero-order chi connectivity index (χ0) is 22.3. The first kappa shape index (κ1) is 29.6. The lowest BCUT2D eigenvalue weighted by Gasteiger charge is -2.16. The Hall–Kier alpha value is -0.440. The molecule has 0 nitrogen and oxygen atoms in total. The summed E-state index contributed by atoms with van der Waals surface area (Å²) in [4.78, 5) is 0. The van der Waals surface area contributed by atoms with Crippen LogP contribution in [0.4, 0.5) is 0 Å². The predicted molar refractivity (Wildman–Crippen MR) is 138 cm³/mol. The Morgan fingerprint density at radius 3 is 1.57 bits per heavy atom. The highest BCUT2D eigenvalue weighted by Gasteiger charge is 2.09. The zero-order valence-corrected chi connectivity index (χ0v) is 21.3. The monoisotopic (exact) mass is 416 g/mol. The molecule has 0 fully saturated rings. The Labute approximate surface area is 192 Å². The average Bonchev–Trinajstić information content (AvgIpc) is 2.77. The number of unbranched alkanes of at least 4 members (excludes halogenated alkanes) is 7. The molecule has 0 saturated carbocycles. The van der Waals surface area contributed by atoms with Crippen molar-refractivity contribution in [3.63, 3.8) is 0 Å². The van der Waals surface area contributed by atoms with Crippen LogP contribution >= 0.6 is 0 Å². The molecule has 0 heteroatoms. The van der Waals surface area contributed by atoms with Gasteiger partial charge in [0, 0.05) is 12.8 Å². The molecule has 0 saturated heterocycles. The van der Waals surface area contributed by atoms with Crippen molar-refractivity contribution in [1.82, 2.24) is 0 Å². The van der Waals surface area contributed by atoms with Crippen LogP contribution in [0.25, 0.3) is 0 Å². The van der Waals surface area contributed by atoms with E-state index < -0.39 is 0 Å². The fraction of sp³-hybridized carbons (Fsp3) is 0.867. The molecule has 0 aromatic carbocycles. The fourth-order valence-corrected chi connectivity index (χ4v) is 4.60. The van der Waals surface area contributed by atoms with Gasteiger partial charge in [-0.05, 0) is 30.6 Å². The van der Waals surface area contributed by atoms with Crippen LogP contribution < -0.4 is 0 Å². The van der Waals surface area contributed by atoms with Crippen molar-refractivity contribution in [3.05, 3.63) is 13.8 Å². The van der Waals surface area contributed by atoms with Crippen LogP contribution in [0, 0.1) is 43.4 Å². The summed E-state index contributed by atoms with van der Waals surface area (Å²) < 4.78 is 0. The number of hydrogen-bond donors (Lipinski definition) is 0. The molecule has 30 heavy (non-hydrogen) atoms. The molecular formula is C30H56. The maximum atomic E-state index is 3.99. The van der Waals surface area contributed by atoms with Crippen molar-refractivity contribution in [1.29, 1.82) is 0 Å². The Morgan fingerprint density at radius 1 is 0.500 bits per heavy atom. The molecule has 0 aromatic rings. The second-order valence-corrected chi connectivity index (χ2v) is 9.61. The number of rotatable bonds is 21. The Bertz CT molecular complexity index is 385. The van der Waals surface area contributed by atoms with Crippen LogP contribution in [-0.2, 0) is 0 Å². The topological polar surface area (TPSA) is 0 Å². The lowest BCUT2D eigenvalue weighted by atomic mass is 9.89. The predicted octanol–water partition coefficient (Wildman–Crippen LogP) is 10.4. The highest BCUT2D eigenvalue weighted by atomic mass is 14.1. The average molecular weight is 417 g/mol. The van der Waals surface area contributed by atoms with Gasteiger partial charge in [0.15, 0.2) is 0 Å². The summed E-state index contributed by atoms with van der Waals surface area (Å²) in [6.07, 6.45) is 26.3. The second kappa shape index (κ2) is 23.2. The van der Waals surface area contributed by atoms with Crippen LogP contribution in [0.2, 0.25) is 0 Å². The van der Waals surface area contributed by atoms with Gasteiger partial charge in [0.2, 0.25) is 0 Å². The highest BCUT2D eigenvalue weighted by Crippen LogP contribution is 2.23. The summed E-state index contributed by atoms with van der Waals surface area (Å²) in [6.45, 7) is 15.0. The summed E-state index contributed by atoms with van der Waals surface area (Å²) in [7, 11) is 0. The van der Waals surface area contributed by atoms with E-state index in [9.17, 15) is 0 Å². The van der Waals surface area contributed by atoms with Gasteiger partial charge in [-0.2, -0.15) is 0 Å². The third kappa shape index (κ3) is 18.3. The van der Waals surface area contributed by atoms with Crippen LogP contribution in [0.3, 0.4) is 0 Å². The maximum absolute atomic E-state index is 3.99. The van der Waals surface area contributed by atoms with Crippen molar-refractivity contribution < 1.29 is 0 Å². The lowest BCUT2D eigenvalue weighted by molar-refractivity contribution is 0.374. The van der Waals surface area contributed by atoms with Crippen LogP contribution in [0.5, 0.6) is 0 Å². The molecular weight excluding hydrogens is 360 g/mol. The summed E-state index contributed by atoms with van der Waals surface area (Å²) in [5, 5.41) is 0. The van der Waals surface area contributed by atoms with Gasteiger partial charge in [0.1, 0.15) is 0 Å². The van der Waals surface area contributed by atoms with Gasteiger partial charge >= 0.3 is 0 Å². The maximum Gasteiger partial charge on any atom is 0.0117 e. The van der Waals surface area contributed by atoms with E-state index >= 15 is 0 Å². The quantitative estimate of drug-likeness (QED) is 0.129. The smallest absolute Gasteiger partial charge is 0.0117 e. The highest BCUT2D eigenvalue weighted by molar-refractivity contribution is 4.99. The minimum Gasteiger partial charge on any atom is -0.103 e. The van der Waals surface area contributed by atoms with Gasteiger partial charge in [0.05, 0.1) is 0 Å². The van der Waals surface area contributed by atoms with E-state index in [4.69, 9.17) is 0 Å². The molecule has 0 spiro atoms. The summed E-state index contributed by atoms with van der Waals surface area (Å²) in [6, 6.07) is 0. The molecule has 3 unspecified atom stereocenters. The number of hydrogen-bond acceptors (Lipinski definition) is 0. The zero-order valence-electron chi connectivity index (χ0n) is 21.3. The largest absolute Gasteiger partial charge is 0.103 e. The molecule has 0 aliphatic heterocycles. The van der Waals surface area contributed by atoms with Crippen LogP contribution in [0.1, 0.15) is 149 Å². The normalized spacial score (nSPS) is 14.2. The van der Waals surface area contributed by atoms with E-state index in [1.165, 1.54) is 103 Å². The van der Waals surface area contributed by atoms with E-state index in [0.717, 1.165) is 43.4 Å². The molecule has 0 aromatic heterocycles. The van der Waals surface area contributed by atoms with Gasteiger partial charge in [-0.3, -0.25) is 0 Å². The molecule has 0 aliphatic rings. The second-order valence-electron chi connectivity index (χ2n) is 9.61. The van der Waals surface area contributed by atoms with Crippen molar-refractivity contribution >= 4 is 0 Å². The molecule has 0 amide bonds. The minimum absolute atomic E-state index is 0.816. The first-order valence-corrected chi connectivity index (χ1v) is 13.8. The van der Waals surface area contributed by atoms with Crippen LogP contribution in [0.15, 0.2) is 0 Å². The lowest BCUT2D eigenvalue weighted by Crippen LogP contribution is -2.02. The van der Waals surface area contributed by atoms with Crippen molar-refractivity contribution in [2.24, 2.45) is 17.8 Å². The third-order valence-electron chi connectivity index (χ3n) is 7.11. The minimum atomic E-state index is 0.816. The van der Waals surface area contributed by atoms with E-state index in [1.807, 2.05) is 0 Å². The molecule has 0 bridgehead atoms. The van der Waals surface area contributed by atoms with Crippen molar-refractivity contribution in [2.75, 3.05) is 0 Å². The van der Waals surface area contributed by atoms with Gasteiger partial charge < -0.3 is 0 Å². The first-order valence-electron chi connectivity index (χ1n) is 13.8. The standard InChI is InChI=1S/C30H56/c1-6-11-13-18-23-29(9-4)24-19-16-14-15-17-20-25-30(10-5)27-21-26-28(8-3)22-12-7-2/h28-30H,1-2,6-16,18-19,21-27H2,3-5H3. The van der Waals surface area contributed by atoms with Crippen LogP contribution in [-0.4, -0.2) is 0 Å².